The molecule has 1 aromatic rings. The van der Waals surface area contributed by atoms with Crippen molar-refractivity contribution in [3.8, 4) is 5.75 Å². The molecule has 8 nitrogen and oxygen atoms in total. The first kappa shape index (κ1) is 16.4. The Balaban J connectivity index is 3.28. The number of benzene rings is 1. The Morgan fingerprint density at radius 1 is 1.48 bits per heavy atom. The van der Waals surface area contributed by atoms with Crippen LogP contribution in [0.2, 0.25) is 0 Å². The van der Waals surface area contributed by atoms with Gasteiger partial charge in [0, 0.05) is 25.6 Å². The maximum atomic E-state index is 11.8. The summed E-state index contributed by atoms with van der Waals surface area (Å²) in [6, 6.07) is 3.81. The minimum atomic E-state index is -1.06. The Hall–Kier alpha value is -2.64. The molecule has 0 aromatic heterocycles. The standard InChI is InChI=1S/C13H16N2O6/c1-8(13(17)18)7-14(9(2)16)11-6-10(15(19)20)4-5-12(11)21-3/h4-6,8H,7H2,1-3H3,(H,17,18). The average Bonchev–Trinajstić information content (AvgIpc) is 2.43. The zero-order valence-corrected chi connectivity index (χ0v) is 11.9. The number of nitrogens with zero attached hydrogens (tertiary/aromatic N) is 2. The lowest BCUT2D eigenvalue weighted by atomic mass is 10.1. The number of hydrogen-bond donors (Lipinski definition) is 1. The van der Waals surface area contributed by atoms with Gasteiger partial charge in [-0.05, 0) is 6.07 Å². The molecule has 1 atom stereocenters. The summed E-state index contributed by atoms with van der Waals surface area (Å²) in [5.41, 5.74) is -0.0349. The van der Waals surface area contributed by atoms with Crippen molar-refractivity contribution in [3.63, 3.8) is 0 Å². The van der Waals surface area contributed by atoms with Crippen molar-refractivity contribution < 1.29 is 24.4 Å². The predicted molar refractivity (Wildman–Crippen MR) is 74.5 cm³/mol. The van der Waals surface area contributed by atoms with E-state index in [0.29, 0.717) is 0 Å². The van der Waals surface area contributed by atoms with Crippen LogP contribution in [0.4, 0.5) is 11.4 Å². The van der Waals surface area contributed by atoms with Crippen LogP contribution in [0, 0.1) is 16.0 Å². The number of nitro groups is 1. The van der Waals surface area contributed by atoms with Gasteiger partial charge < -0.3 is 14.7 Å². The third-order valence-electron chi connectivity index (χ3n) is 2.92. The largest absolute Gasteiger partial charge is 0.495 e. The topological polar surface area (TPSA) is 110 Å². The fourth-order valence-corrected chi connectivity index (χ4v) is 1.75. The van der Waals surface area contributed by atoms with Crippen LogP contribution in [-0.4, -0.2) is 35.6 Å². The van der Waals surface area contributed by atoms with Crippen LogP contribution in [0.15, 0.2) is 18.2 Å². The van der Waals surface area contributed by atoms with Crippen molar-refractivity contribution in [2.45, 2.75) is 13.8 Å². The molecule has 1 unspecified atom stereocenters. The molecule has 0 aliphatic carbocycles. The van der Waals surface area contributed by atoms with Gasteiger partial charge in [0.25, 0.3) is 5.69 Å². The predicted octanol–water partition coefficient (Wildman–Crippen LogP) is 1.68. The van der Waals surface area contributed by atoms with Crippen LogP contribution >= 0.6 is 0 Å². The van der Waals surface area contributed by atoms with Gasteiger partial charge in [-0.1, -0.05) is 6.92 Å². The SMILES string of the molecule is COc1ccc([N+](=O)[O-])cc1N(CC(C)C(=O)O)C(C)=O. The van der Waals surface area contributed by atoms with Gasteiger partial charge in [0.2, 0.25) is 5.91 Å². The van der Waals surface area contributed by atoms with E-state index in [2.05, 4.69) is 0 Å². The van der Waals surface area contributed by atoms with Crippen LogP contribution in [-0.2, 0) is 9.59 Å². The van der Waals surface area contributed by atoms with Crippen molar-refractivity contribution >= 4 is 23.3 Å². The van der Waals surface area contributed by atoms with Gasteiger partial charge in [-0.3, -0.25) is 19.7 Å². The van der Waals surface area contributed by atoms with E-state index in [1.165, 1.54) is 39.2 Å². The molecule has 1 rings (SSSR count). The molecule has 114 valence electrons. The van der Waals surface area contributed by atoms with Crippen LogP contribution in [0.25, 0.3) is 0 Å². The van der Waals surface area contributed by atoms with E-state index in [1.54, 1.807) is 0 Å². The molecule has 0 saturated heterocycles. The summed E-state index contributed by atoms with van der Waals surface area (Å²) in [7, 11) is 1.36. The van der Waals surface area contributed by atoms with E-state index in [1.807, 2.05) is 0 Å². The Morgan fingerprint density at radius 3 is 2.52 bits per heavy atom. The summed E-state index contributed by atoms with van der Waals surface area (Å²) in [5.74, 6) is -2.06. The van der Waals surface area contributed by atoms with Crippen molar-refractivity contribution in [1.29, 1.82) is 0 Å². The van der Waals surface area contributed by atoms with Crippen LogP contribution in [0.5, 0.6) is 5.75 Å². The average molecular weight is 296 g/mol. The fraction of sp³-hybridized carbons (Fsp3) is 0.385. The summed E-state index contributed by atoms with van der Waals surface area (Å²) in [5, 5.41) is 19.8. The van der Waals surface area contributed by atoms with Gasteiger partial charge in [0.05, 0.1) is 23.6 Å². The molecule has 0 radical (unpaired) electrons. The highest BCUT2D eigenvalue weighted by Gasteiger charge is 2.24. The zero-order valence-electron chi connectivity index (χ0n) is 11.9. The summed E-state index contributed by atoms with van der Waals surface area (Å²) in [6.07, 6.45) is 0. The zero-order chi connectivity index (χ0) is 16.2. The molecule has 0 aliphatic rings. The highest BCUT2D eigenvalue weighted by Crippen LogP contribution is 2.32. The lowest BCUT2D eigenvalue weighted by Crippen LogP contribution is -2.35. The molecule has 1 aromatic carbocycles. The van der Waals surface area contributed by atoms with E-state index in [9.17, 15) is 19.7 Å². The number of rotatable bonds is 6. The maximum absolute atomic E-state index is 11.8. The number of carboxylic acid groups (broad SMARTS) is 1. The molecule has 1 N–H and O–H groups in total. The first-order chi connectivity index (χ1) is 9.77. The summed E-state index contributed by atoms with van der Waals surface area (Å²) in [4.78, 5) is 34.1. The van der Waals surface area contributed by atoms with Crippen molar-refractivity contribution in [3.05, 3.63) is 28.3 Å². The Morgan fingerprint density at radius 2 is 2.10 bits per heavy atom. The van der Waals surface area contributed by atoms with Gasteiger partial charge in [-0.2, -0.15) is 0 Å². The van der Waals surface area contributed by atoms with Crippen LogP contribution in [0.3, 0.4) is 0 Å². The molecule has 8 heteroatoms. The molecule has 1 amide bonds. The van der Waals surface area contributed by atoms with Gasteiger partial charge in [0.1, 0.15) is 5.75 Å². The number of non-ortho nitro benzene ring substituents is 1. The number of nitro benzene ring substituents is 1. The van der Waals surface area contributed by atoms with Gasteiger partial charge in [-0.15, -0.1) is 0 Å². The molecule has 0 heterocycles. The highest BCUT2D eigenvalue weighted by atomic mass is 16.6. The fourth-order valence-electron chi connectivity index (χ4n) is 1.75. The number of carbonyl (C=O) groups is 2. The molecular weight excluding hydrogens is 280 g/mol. The molecular formula is C13H16N2O6. The van der Waals surface area contributed by atoms with Gasteiger partial charge in [-0.25, -0.2) is 0 Å². The van der Waals surface area contributed by atoms with E-state index in [-0.39, 0.29) is 23.7 Å². The number of aliphatic carboxylic acids is 1. The van der Waals surface area contributed by atoms with Gasteiger partial charge in [0.15, 0.2) is 0 Å². The lowest BCUT2D eigenvalue weighted by Gasteiger charge is -2.24. The Labute approximate surface area is 121 Å². The Bertz CT molecular complexity index is 572. The second-order valence-corrected chi connectivity index (χ2v) is 4.48. The Kier molecular flexibility index (Phi) is 5.23. The first-order valence-corrected chi connectivity index (χ1v) is 6.11. The molecule has 0 aliphatic heterocycles. The van der Waals surface area contributed by atoms with Crippen LogP contribution < -0.4 is 9.64 Å². The number of carboxylic acids is 1. The first-order valence-electron chi connectivity index (χ1n) is 6.11. The lowest BCUT2D eigenvalue weighted by molar-refractivity contribution is -0.384. The number of ether oxygens (including phenoxy) is 1. The normalized spacial score (nSPS) is 11.6. The minimum absolute atomic E-state index is 0.109. The van der Waals surface area contributed by atoms with Crippen molar-refractivity contribution in [2.75, 3.05) is 18.6 Å². The number of amides is 1. The molecule has 0 bridgehead atoms. The molecule has 0 saturated carbocycles. The van der Waals surface area contributed by atoms with Crippen molar-refractivity contribution in [1.82, 2.24) is 0 Å². The third kappa shape index (κ3) is 3.91. The molecule has 0 fully saturated rings. The minimum Gasteiger partial charge on any atom is -0.495 e. The molecule has 21 heavy (non-hydrogen) atoms. The third-order valence-corrected chi connectivity index (χ3v) is 2.92. The second kappa shape index (κ2) is 6.69. The highest BCUT2D eigenvalue weighted by molar-refractivity contribution is 5.94. The van der Waals surface area contributed by atoms with E-state index < -0.39 is 22.7 Å². The summed E-state index contributed by atoms with van der Waals surface area (Å²) in [6.45, 7) is 2.59. The maximum Gasteiger partial charge on any atom is 0.308 e. The quantitative estimate of drug-likeness (QED) is 0.631. The van der Waals surface area contributed by atoms with Gasteiger partial charge >= 0.3 is 5.97 Å². The summed E-state index contributed by atoms with van der Waals surface area (Å²) >= 11 is 0. The van der Waals surface area contributed by atoms with E-state index in [0.717, 1.165) is 4.90 Å². The smallest absolute Gasteiger partial charge is 0.308 e. The van der Waals surface area contributed by atoms with E-state index >= 15 is 0 Å². The monoisotopic (exact) mass is 296 g/mol. The summed E-state index contributed by atoms with van der Waals surface area (Å²) < 4.78 is 5.09. The van der Waals surface area contributed by atoms with Crippen LogP contribution in [0.1, 0.15) is 13.8 Å². The number of methoxy groups -OCH3 is 1. The van der Waals surface area contributed by atoms with Crippen molar-refractivity contribution in [2.24, 2.45) is 5.92 Å². The number of hydrogen-bond acceptors (Lipinski definition) is 5. The second-order valence-electron chi connectivity index (χ2n) is 4.48. The number of carbonyl (C=O) groups excluding carboxylic acids is 1. The number of anilines is 1. The van der Waals surface area contributed by atoms with E-state index in [4.69, 9.17) is 9.84 Å². The molecule has 0 spiro atoms.